The van der Waals surface area contributed by atoms with Crippen molar-refractivity contribution in [1.29, 1.82) is 0 Å². The lowest BCUT2D eigenvalue weighted by molar-refractivity contribution is -0.138. The van der Waals surface area contributed by atoms with Crippen LogP contribution in [0.2, 0.25) is 0 Å². The third kappa shape index (κ3) is 4.07. The van der Waals surface area contributed by atoms with Gasteiger partial charge in [0, 0.05) is 25.7 Å². The number of carbonyl (C=O) groups excluding carboxylic acids is 2. The van der Waals surface area contributed by atoms with E-state index in [1.165, 1.54) is 11.1 Å². The van der Waals surface area contributed by atoms with Gasteiger partial charge in [0.25, 0.3) is 5.91 Å². The van der Waals surface area contributed by atoms with Crippen LogP contribution in [0.5, 0.6) is 0 Å². The van der Waals surface area contributed by atoms with Crippen LogP contribution in [0.15, 0.2) is 48.5 Å². The molecule has 0 aromatic heterocycles. The van der Waals surface area contributed by atoms with Crippen molar-refractivity contribution in [2.75, 3.05) is 20.1 Å². The van der Waals surface area contributed by atoms with Crippen LogP contribution in [-0.4, -0.2) is 41.8 Å². The predicted octanol–water partition coefficient (Wildman–Crippen LogP) is 4.38. The van der Waals surface area contributed by atoms with E-state index in [4.69, 9.17) is 0 Å². The second kappa shape index (κ2) is 8.40. The molecule has 1 fully saturated rings. The van der Waals surface area contributed by atoms with Crippen LogP contribution in [-0.2, 0) is 11.2 Å². The Hall–Kier alpha value is -2.62. The first-order valence-electron chi connectivity index (χ1n) is 10.7. The molecule has 2 aliphatic rings. The summed E-state index contributed by atoms with van der Waals surface area (Å²) in [4.78, 5) is 30.1. The number of carbonyl (C=O) groups is 2. The fourth-order valence-corrected chi connectivity index (χ4v) is 4.81. The van der Waals surface area contributed by atoms with Crippen molar-refractivity contribution in [3.8, 4) is 0 Å². The molecule has 1 aliphatic heterocycles. The normalized spacial score (nSPS) is 21.4. The molecule has 2 unspecified atom stereocenters. The molecule has 0 N–H and O–H groups in total. The number of hydrogen-bond donors (Lipinski definition) is 0. The maximum atomic E-state index is 13.3. The minimum atomic E-state index is -0.114. The summed E-state index contributed by atoms with van der Waals surface area (Å²) in [6, 6.07) is 16.3. The molecule has 1 aliphatic carbocycles. The van der Waals surface area contributed by atoms with E-state index in [0.29, 0.717) is 12.1 Å². The monoisotopic (exact) mass is 390 g/mol. The predicted molar refractivity (Wildman–Crippen MR) is 115 cm³/mol. The van der Waals surface area contributed by atoms with E-state index in [2.05, 4.69) is 24.3 Å². The quantitative estimate of drug-likeness (QED) is 0.780. The minimum absolute atomic E-state index is 0.0353. The summed E-state index contributed by atoms with van der Waals surface area (Å²) in [5.74, 6) is 0.0958. The highest BCUT2D eigenvalue weighted by Gasteiger charge is 2.34. The number of piperidine rings is 1. The fourth-order valence-electron chi connectivity index (χ4n) is 4.81. The lowest BCUT2D eigenvalue weighted by Gasteiger charge is -2.38. The Balaban J connectivity index is 1.46. The summed E-state index contributed by atoms with van der Waals surface area (Å²) in [7, 11) is 1.94. The van der Waals surface area contributed by atoms with Crippen molar-refractivity contribution in [3.63, 3.8) is 0 Å². The Bertz CT molecular complexity index is 890. The molecular formula is C25H30N2O2. The van der Waals surface area contributed by atoms with Crippen molar-refractivity contribution in [2.24, 2.45) is 5.92 Å². The van der Waals surface area contributed by atoms with Crippen molar-refractivity contribution in [1.82, 2.24) is 9.80 Å². The molecule has 2 aromatic carbocycles. The van der Waals surface area contributed by atoms with E-state index in [9.17, 15) is 9.59 Å². The van der Waals surface area contributed by atoms with E-state index in [0.717, 1.165) is 44.2 Å². The molecular weight excluding hydrogens is 360 g/mol. The van der Waals surface area contributed by atoms with Gasteiger partial charge < -0.3 is 9.80 Å². The SMILES string of the molecule is Cc1ccc(C(=O)N2CCCC(C(=O)N(C)C3CCCc4ccccc43)C2)cc1. The summed E-state index contributed by atoms with van der Waals surface area (Å²) >= 11 is 0. The van der Waals surface area contributed by atoms with Gasteiger partial charge >= 0.3 is 0 Å². The molecule has 4 heteroatoms. The minimum Gasteiger partial charge on any atom is -0.338 e. The number of amides is 2. The highest BCUT2D eigenvalue weighted by Crippen LogP contribution is 2.35. The molecule has 2 aromatic rings. The summed E-state index contributed by atoms with van der Waals surface area (Å²) in [6.45, 7) is 3.26. The summed E-state index contributed by atoms with van der Waals surface area (Å²) < 4.78 is 0. The van der Waals surface area contributed by atoms with E-state index in [1.54, 1.807) is 0 Å². The van der Waals surface area contributed by atoms with E-state index in [1.807, 2.05) is 48.0 Å². The zero-order valence-corrected chi connectivity index (χ0v) is 17.4. The van der Waals surface area contributed by atoms with Gasteiger partial charge in [-0.25, -0.2) is 0 Å². The standard InChI is InChI=1S/C25H30N2O2/c1-18-12-14-20(15-13-18)25(29)27-16-6-9-21(17-27)24(28)26(2)23-11-5-8-19-7-3-4-10-22(19)23/h3-4,7,10,12-15,21,23H,5-6,8-9,11,16-17H2,1-2H3. The third-order valence-electron chi connectivity index (χ3n) is 6.51. The van der Waals surface area contributed by atoms with Crippen LogP contribution in [0.1, 0.15) is 58.8 Å². The molecule has 4 rings (SSSR count). The van der Waals surface area contributed by atoms with Crippen LogP contribution in [0.25, 0.3) is 0 Å². The van der Waals surface area contributed by atoms with Gasteiger partial charge in [0.05, 0.1) is 12.0 Å². The maximum absolute atomic E-state index is 13.3. The summed E-state index contributed by atoms with van der Waals surface area (Å²) in [5.41, 5.74) is 4.50. The average molecular weight is 391 g/mol. The second-order valence-corrected chi connectivity index (χ2v) is 8.51. The first kappa shape index (κ1) is 19.7. The van der Waals surface area contributed by atoms with Crippen molar-refractivity contribution in [2.45, 2.75) is 45.1 Å². The zero-order valence-electron chi connectivity index (χ0n) is 17.4. The molecule has 0 saturated carbocycles. The molecule has 1 heterocycles. The molecule has 1 saturated heterocycles. The van der Waals surface area contributed by atoms with Gasteiger partial charge in [-0.3, -0.25) is 9.59 Å². The molecule has 0 bridgehead atoms. The topological polar surface area (TPSA) is 40.6 Å². The average Bonchev–Trinajstić information content (AvgIpc) is 2.78. The van der Waals surface area contributed by atoms with E-state index >= 15 is 0 Å². The van der Waals surface area contributed by atoms with Gasteiger partial charge in [-0.15, -0.1) is 0 Å². The zero-order chi connectivity index (χ0) is 20.4. The van der Waals surface area contributed by atoms with Crippen molar-refractivity contribution in [3.05, 3.63) is 70.8 Å². The Labute approximate surface area is 173 Å². The number of benzene rings is 2. The molecule has 0 radical (unpaired) electrons. The Morgan fingerprint density at radius 3 is 2.55 bits per heavy atom. The van der Waals surface area contributed by atoms with Gasteiger partial charge in [-0.05, 0) is 62.3 Å². The molecule has 4 nitrogen and oxygen atoms in total. The first-order valence-corrected chi connectivity index (χ1v) is 10.7. The summed E-state index contributed by atoms with van der Waals surface area (Å²) in [5, 5.41) is 0. The van der Waals surface area contributed by atoms with E-state index < -0.39 is 0 Å². The second-order valence-electron chi connectivity index (χ2n) is 8.51. The Morgan fingerprint density at radius 2 is 1.76 bits per heavy atom. The molecule has 0 spiro atoms. The lowest BCUT2D eigenvalue weighted by Crippen LogP contribution is -2.47. The number of hydrogen-bond acceptors (Lipinski definition) is 2. The first-order chi connectivity index (χ1) is 14.0. The smallest absolute Gasteiger partial charge is 0.253 e. The van der Waals surface area contributed by atoms with Crippen LogP contribution < -0.4 is 0 Å². The van der Waals surface area contributed by atoms with Gasteiger partial charge in [-0.2, -0.15) is 0 Å². The van der Waals surface area contributed by atoms with Gasteiger partial charge in [-0.1, -0.05) is 42.0 Å². The van der Waals surface area contributed by atoms with Crippen LogP contribution >= 0.6 is 0 Å². The maximum Gasteiger partial charge on any atom is 0.253 e. The Kier molecular flexibility index (Phi) is 5.70. The molecule has 152 valence electrons. The molecule has 2 atom stereocenters. The fraction of sp³-hybridized carbons (Fsp3) is 0.440. The highest BCUT2D eigenvalue weighted by atomic mass is 16.2. The van der Waals surface area contributed by atoms with Gasteiger partial charge in [0.2, 0.25) is 5.91 Å². The van der Waals surface area contributed by atoms with Gasteiger partial charge in [0.15, 0.2) is 0 Å². The van der Waals surface area contributed by atoms with Crippen molar-refractivity contribution >= 4 is 11.8 Å². The third-order valence-corrected chi connectivity index (χ3v) is 6.51. The van der Waals surface area contributed by atoms with Crippen LogP contribution in [0.4, 0.5) is 0 Å². The van der Waals surface area contributed by atoms with Gasteiger partial charge in [0.1, 0.15) is 0 Å². The number of fused-ring (bicyclic) bond motifs is 1. The number of nitrogens with zero attached hydrogens (tertiary/aromatic N) is 2. The van der Waals surface area contributed by atoms with Crippen LogP contribution in [0.3, 0.4) is 0 Å². The lowest BCUT2D eigenvalue weighted by atomic mass is 9.86. The highest BCUT2D eigenvalue weighted by molar-refractivity contribution is 5.94. The molecule has 29 heavy (non-hydrogen) atoms. The number of likely N-dealkylation sites (tertiary alicyclic amines) is 1. The molecule has 2 amide bonds. The van der Waals surface area contributed by atoms with E-state index in [-0.39, 0.29) is 23.8 Å². The van der Waals surface area contributed by atoms with Crippen LogP contribution in [0, 0.1) is 12.8 Å². The Morgan fingerprint density at radius 1 is 1.00 bits per heavy atom. The largest absolute Gasteiger partial charge is 0.338 e. The summed E-state index contributed by atoms with van der Waals surface area (Å²) in [6.07, 6.45) is 4.95. The van der Waals surface area contributed by atoms with Crippen molar-refractivity contribution < 1.29 is 9.59 Å². The number of aryl methyl sites for hydroxylation is 2. The number of rotatable bonds is 3.